The van der Waals surface area contributed by atoms with Gasteiger partial charge in [0.15, 0.2) is 0 Å². The van der Waals surface area contributed by atoms with Crippen LogP contribution in [0.5, 0.6) is 0 Å². The number of halogens is 6. The lowest BCUT2D eigenvalue weighted by Gasteiger charge is -2.34. The molecule has 0 amide bonds. The summed E-state index contributed by atoms with van der Waals surface area (Å²) in [5.74, 6) is -6.63. The van der Waals surface area contributed by atoms with E-state index in [0.29, 0.717) is 16.2 Å². The van der Waals surface area contributed by atoms with E-state index in [1.165, 1.54) is 35.5 Å². The second-order valence-corrected chi connectivity index (χ2v) is 9.29. The van der Waals surface area contributed by atoms with Crippen molar-refractivity contribution in [3.8, 4) is 5.69 Å². The standard InChI is InChI=1S/C26H24F6N6O2/c1-17(25(40,12-37-15-33-14-34-37)21-10-7-19(27)11-22(21)28)3-2-4-18-5-8-20(9-6-18)38-24(39)36(16-35-38)13-26(31,32)23(29)30/h2,4-11,14-17,23,40H,3,12-13H2,1H3/b4-2+/t17-,25+/m0/s1. The number of benzene rings is 2. The van der Waals surface area contributed by atoms with Gasteiger partial charge < -0.3 is 5.11 Å². The summed E-state index contributed by atoms with van der Waals surface area (Å²) < 4.78 is 82.4. The average molecular weight is 567 g/mol. The van der Waals surface area contributed by atoms with Crippen molar-refractivity contribution in [3.63, 3.8) is 0 Å². The van der Waals surface area contributed by atoms with Crippen molar-refractivity contribution in [2.75, 3.05) is 0 Å². The fraction of sp³-hybridized carbons (Fsp3) is 0.308. The van der Waals surface area contributed by atoms with Crippen LogP contribution < -0.4 is 5.69 Å². The molecule has 4 rings (SSSR count). The first-order chi connectivity index (χ1) is 18.9. The zero-order valence-electron chi connectivity index (χ0n) is 21.0. The maximum Gasteiger partial charge on any atom is 0.350 e. The number of alkyl halides is 4. The maximum atomic E-state index is 14.7. The third-order valence-electron chi connectivity index (χ3n) is 6.45. The van der Waals surface area contributed by atoms with Gasteiger partial charge in [-0.15, -0.1) is 0 Å². The fourth-order valence-electron chi connectivity index (χ4n) is 4.15. The zero-order chi connectivity index (χ0) is 29.1. The monoisotopic (exact) mass is 566 g/mol. The second-order valence-electron chi connectivity index (χ2n) is 9.29. The minimum Gasteiger partial charge on any atom is -0.383 e. The van der Waals surface area contributed by atoms with Crippen LogP contribution in [0.15, 0.2) is 72.3 Å². The molecule has 2 aromatic carbocycles. The third-order valence-corrected chi connectivity index (χ3v) is 6.45. The van der Waals surface area contributed by atoms with Gasteiger partial charge in [0.25, 0.3) is 0 Å². The van der Waals surface area contributed by atoms with Crippen LogP contribution in [0.25, 0.3) is 11.8 Å². The summed E-state index contributed by atoms with van der Waals surface area (Å²) in [4.78, 5) is 16.2. The molecule has 2 aromatic heterocycles. The molecule has 40 heavy (non-hydrogen) atoms. The van der Waals surface area contributed by atoms with Gasteiger partial charge in [-0.25, -0.2) is 32.0 Å². The highest BCUT2D eigenvalue weighted by molar-refractivity contribution is 5.51. The lowest BCUT2D eigenvalue weighted by atomic mass is 9.80. The van der Waals surface area contributed by atoms with Crippen LogP contribution in [0.2, 0.25) is 0 Å². The minimum absolute atomic E-state index is 0.0918. The summed E-state index contributed by atoms with van der Waals surface area (Å²) in [7, 11) is 0. The van der Waals surface area contributed by atoms with Crippen molar-refractivity contribution in [1.29, 1.82) is 0 Å². The lowest BCUT2D eigenvalue weighted by Crippen LogP contribution is -2.39. The van der Waals surface area contributed by atoms with Crippen molar-refractivity contribution in [2.24, 2.45) is 5.92 Å². The molecule has 0 bridgehead atoms. The molecule has 2 atom stereocenters. The van der Waals surface area contributed by atoms with Crippen molar-refractivity contribution < 1.29 is 31.4 Å². The summed E-state index contributed by atoms with van der Waals surface area (Å²) in [5.41, 5.74) is -1.96. The number of allylic oxidation sites excluding steroid dienone is 1. The van der Waals surface area contributed by atoms with E-state index in [4.69, 9.17) is 0 Å². The highest BCUT2D eigenvalue weighted by Gasteiger charge is 2.42. The minimum atomic E-state index is -4.38. The Hall–Kier alpha value is -4.20. The molecule has 0 aliphatic rings. The van der Waals surface area contributed by atoms with Gasteiger partial charge in [0.2, 0.25) is 0 Å². The van der Waals surface area contributed by atoms with Gasteiger partial charge in [0.05, 0.1) is 18.8 Å². The van der Waals surface area contributed by atoms with Crippen LogP contribution in [0.3, 0.4) is 0 Å². The Morgan fingerprint density at radius 2 is 1.75 bits per heavy atom. The molecular formula is C26H24F6N6O2. The van der Waals surface area contributed by atoms with Crippen molar-refractivity contribution in [1.82, 2.24) is 29.1 Å². The first kappa shape index (κ1) is 28.8. The molecule has 0 saturated heterocycles. The van der Waals surface area contributed by atoms with E-state index in [-0.39, 0.29) is 24.2 Å². The predicted octanol–water partition coefficient (Wildman–Crippen LogP) is 4.43. The number of hydrogen-bond donors (Lipinski definition) is 1. The van der Waals surface area contributed by atoms with Crippen LogP contribution >= 0.6 is 0 Å². The van der Waals surface area contributed by atoms with E-state index in [1.807, 2.05) is 0 Å². The van der Waals surface area contributed by atoms with Crippen molar-refractivity contribution >= 4 is 6.08 Å². The van der Waals surface area contributed by atoms with E-state index in [9.17, 15) is 36.2 Å². The number of hydrogen-bond acceptors (Lipinski definition) is 5. The quantitative estimate of drug-likeness (QED) is 0.272. The Balaban J connectivity index is 1.48. The van der Waals surface area contributed by atoms with E-state index < -0.39 is 47.7 Å². The van der Waals surface area contributed by atoms with E-state index in [1.54, 1.807) is 31.2 Å². The van der Waals surface area contributed by atoms with E-state index in [0.717, 1.165) is 17.1 Å². The molecule has 0 aliphatic heterocycles. The molecule has 212 valence electrons. The molecule has 4 aromatic rings. The SMILES string of the molecule is C[C@@H](C/C=C/c1ccc(-n2ncn(CC(F)(F)C(F)F)c2=O)cc1)[C@](O)(Cn1cncn1)c1ccc(F)cc1F. The zero-order valence-corrected chi connectivity index (χ0v) is 21.0. The molecule has 0 unspecified atom stereocenters. The number of aliphatic hydroxyl groups is 1. The lowest BCUT2D eigenvalue weighted by molar-refractivity contribution is -0.138. The molecule has 0 saturated carbocycles. The van der Waals surface area contributed by atoms with Crippen molar-refractivity contribution in [3.05, 3.63) is 101 Å². The molecule has 14 heteroatoms. The molecule has 0 fully saturated rings. The van der Waals surface area contributed by atoms with Gasteiger partial charge >= 0.3 is 18.0 Å². The molecule has 2 heterocycles. The maximum absolute atomic E-state index is 14.7. The third kappa shape index (κ3) is 6.17. The van der Waals surface area contributed by atoms with Crippen molar-refractivity contribution in [2.45, 2.75) is 44.4 Å². The molecular weight excluding hydrogens is 542 g/mol. The fourth-order valence-corrected chi connectivity index (χ4v) is 4.15. The van der Waals surface area contributed by atoms with Gasteiger partial charge in [-0.1, -0.05) is 37.3 Å². The average Bonchev–Trinajstić information content (AvgIpc) is 3.53. The van der Waals surface area contributed by atoms with Gasteiger partial charge in [0, 0.05) is 11.6 Å². The summed E-state index contributed by atoms with van der Waals surface area (Å²) in [5, 5.41) is 19.3. The Morgan fingerprint density at radius 1 is 1.02 bits per heavy atom. The van der Waals surface area contributed by atoms with Crippen LogP contribution in [-0.2, 0) is 18.7 Å². The summed E-state index contributed by atoms with van der Waals surface area (Å²) in [6.07, 6.45) is 3.19. The largest absolute Gasteiger partial charge is 0.383 e. The first-order valence-corrected chi connectivity index (χ1v) is 12.0. The smallest absolute Gasteiger partial charge is 0.350 e. The normalized spacial score (nSPS) is 14.6. The van der Waals surface area contributed by atoms with Gasteiger partial charge in [0.1, 0.15) is 36.2 Å². The molecule has 0 radical (unpaired) electrons. The predicted molar refractivity (Wildman–Crippen MR) is 132 cm³/mol. The molecule has 8 nitrogen and oxygen atoms in total. The topological polar surface area (TPSA) is 90.8 Å². The molecule has 0 spiro atoms. The summed E-state index contributed by atoms with van der Waals surface area (Å²) >= 11 is 0. The number of rotatable bonds is 11. The highest BCUT2D eigenvalue weighted by atomic mass is 19.3. The number of nitrogens with zero attached hydrogens (tertiary/aromatic N) is 6. The Labute approximate surface area is 223 Å². The van der Waals surface area contributed by atoms with Gasteiger partial charge in [-0.2, -0.15) is 23.7 Å². The van der Waals surface area contributed by atoms with E-state index >= 15 is 0 Å². The van der Waals surface area contributed by atoms with Crippen LogP contribution in [0.4, 0.5) is 26.3 Å². The number of aromatic nitrogens is 6. The van der Waals surface area contributed by atoms with Gasteiger partial charge in [-0.3, -0.25) is 4.57 Å². The van der Waals surface area contributed by atoms with E-state index in [2.05, 4.69) is 15.2 Å². The molecule has 0 aliphatic carbocycles. The van der Waals surface area contributed by atoms with Crippen LogP contribution in [-0.4, -0.2) is 46.6 Å². The highest BCUT2D eigenvalue weighted by Crippen LogP contribution is 2.36. The second kappa shape index (κ2) is 11.5. The summed E-state index contributed by atoms with van der Waals surface area (Å²) in [6, 6.07) is 9.15. The molecule has 1 N–H and O–H groups in total. The Kier molecular flexibility index (Phi) is 8.28. The van der Waals surface area contributed by atoms with Crippen LogP contribution in [0, 0.1) is 17.6 Å². The summed E-state index contributed by atoms with van der Waals surface area (Å²) in [6.45, 7) is 0.0605. The Bertz CT molecular complexity index is 1520. The van der Waals surface area contributed by atoms with Crippen LogP contribution in [0.1, 0.15) is 24.5 Å². The Morgan fingerprint density at radius 3 is 2.38 bits per heavy atom. The first-order valence-electron chi connectivity index (χ1n) is 12.0. The van der Waals surface area contributed by atoms with Gasteiger partial charge in [-0.05, 0) is 36.1 Å².